The molecule has 1 amide bonds. The number of hydrogen-bond acceptors (Lipinski definition) is 4. The number of thiocarbonyl (C=S) groups is 1. The average Bonchev–Trinajstić information content (AvgIpc) is 2.29. The van der Waals surface area contributed by atoms with Crippen molar-refractivity contribution in [3.63, 3.8) is 0 Å². The molecule has 0 saturated heterocycles. The fourth-order valence-electron chi connectivity index (χ4n) is 1.26. The van der Waals surface area contributed by atoms with Crippen molar-refractivity contribution in [3.05, 3.63) is 29.6 Å². The van der Waals surface area contributed by atoms with E-state index >= 15 is 0 Å². The van der Waals surface area contributed by atoms with Gasteiger partial charge in [-0.05, 0) is 19.1 Å². The molecule has 0 aromatic carbocycles. The summed E-state index contributed by atoms with van der Waals surface area (Å²) < 4.78 is 4.92. The Bertz CT molecular complexity index is 406. The van der Waals surface area contributed by atoms with Crippen LogP contribution < -0.4 is 11.1 Å². The van der Waals surface area contributed by atoms with Crippen LogP contribution in [0, 0.1) is 0 Å². The molecule has 0 spiro atoms. The Morgan fingerprint density at radius 1 is 1.65 bits per heavy atom. The highest BCUT2D eigenvalue weighted by Crippen LogP contribution is 2.00. The number of nitrogens with one attached hydrogen (secondary N) is 1. The van der Waals surface area contributed by atoms with Crippen LogP contribution in [-0.2, 0) is 4.74 Å². The first-order valence-electron chi connectivity index (χ1n) is 5.10. The second-order valence-corrected chi connectivity index (χ2v) is 4.07. The molecule has 5 nitrogen and oxygen atoms in total. The van der Waals surface area contributed by atoms with Gasteiger partial charge in [-0.3, -0.25) is 9.78 Å². The van der Waals surface area contributed by atoms with Gasteiger partial charge < -0.3 is 15.8 Å². The Hall–Kier alpha value is -1.53. The van der Waals surface area contributed by atoms with E-state index in [1.54, 1.807) is 19.2 Å². The van der Waals surface area contributed by atoms with Gasteiger partial charge in [-0.25, -0.2) is 0 Å². The van der Waals surface area contributed by atoms with E-state index in [9.17, 15) is 4.79 Å². The Kier molecular flexibility index (Phi) is 4.99. The van der Waals surface area contributed by atoms with Crippen molar-refractivity contribution in [3.8, 4) is 0 Å². The Morgan fingerprint density at radius 2 is 2.35 bits per heavy atom. The highest BCUT2D eigenvalue weighted by molar-refractivity contribution is 7.80. The SMILES string of the molecule is COCC(C)NC(=O)c1ccc(C(N)=S)cn1. The van der Waals surface area contributed by atoms with Gasteiger partial charge in [0.2, 0.25) is 0 Å². The number of methoxy groups -OCH3 is 1. The second kappa shape index (κ2) is 6.27. The minimum Gasteiger partial charge on any atom is -0.389 e. The van der Waals surface area contributed by atoms with Gasteiger partial charge in [0.25, 0.3) is 5.91 Å². The minimum absolute atomic E-state index is 0.0652. The van der Waals surface area contributed by atoms with Crippen molar-refractivity contribution in [2.75, 3.05) is 13.7 Å². The number of rotatable bonds is 5. The molecule has 6 heteroatoms. The first kappa shape index (κ1) is 13.5. The summed E-state index contributed by atoms with van der Waals surface area (Å²) in [6.07, 6.45) is 1.48. The maximum absolute atomic E-state index is 11.7. The number of nitrogens with two attached hydrogens (primary N) is 1. The standard InChI is InChI=1S/C11H15N3O2S/c1-7(6-16-2)14-11(15)9-4-3-8(5-13-9)10(12)17/h3-5,7H,6H2,1-2H3,(H2,12,17)(H,14,15). The fraction of sp³-hybridized carbons (Fsp3) is 0.364. The molecule has 92 valence electrons. The summed E-state index contributed by atoms with van der Waals surface area (Å²) in [6.45, 7) is 2.31. The molecule has 1 aromatic rings. The molecule has 1 atom stereocenters. The zero-order valence-electron chi connectivity index (χ0n) is 9.77. The van der Waals surface area contributed by atoms with Crippen molar-refractivity contribution < 1.29 is 9.53 Å². The number of nitrogens with zero attached hydrogens (tertiary/aromatic N) is 1. The van der Waals surface area contributed by atoms with Crippen LogP contribution in [-0.4, -0.2) is 35.6 Å². The highest BCUT2D eigenvalue weighted by atomic mass is 32.1. The number of pyridine rings is 1. The van der Waals surface area contributed by atoms with Gasteiger partial charge >= 0.3 is 0 Å². The molecule has 0 radical (unpaired) electrons. The van der Waals surface area contributed by atoms with Crippen molar-refractivity contribution in [1.29, 1.82) is 0 Å². The van der Waals surface area contributed by atoms with Gasteiger partial charge in [0, 0.05) is 24.9 Å². The predicted octanol–water partition coefficient (Wildman–Crippen LogP) is 0.481. The predicted molar refractivity (Wildman–Crippen MR) is 68.9 cm³/mol. The molecular formula is C11H15N3O2S. The van der Waals surface area contributed by atoms with Gasteiger partial charge in [-0.1, -0.05) is 12.2 Å². The minimum atomic E-state index is -0.246. The van der Waals surface area contributed by atoms with Crippen molar-refractivity contribution in [2.24, 2.45) is 5.73 Å². The summed E-state index contributed by atoms with van der Waals surface area (Å²) >= 11 is 4.80. The van der Waals surface area contributed by atoms with Crippen LogP contribution in [0.4, 0.5) is 0 Å². The normalized spacial score (nSPS) is 11.9. The van der Waals surface area contributed by atoms with Crippen LogP contribution in [0.15, 0.2) is 18.3 Å². The molecule has 0 bridgehead atoms. The lowest BCUT2D eigenvalue weighted by Gasteiger charge is -2.12. The lowest BCUT2D eigenvalue weighted by molar-refractivity contribution is 0.0900. The molecule has 3 N–H and O–H groups in total. The quantitative estimate of drug-likeness (QED) is 0.746. The van der Waals surface area contributed by atoms with E-state index in [0.717, 1.165) is 0 Å². The lowest BCUT2D eigenvalue weighted by Crippen LogP contribution is -2.36. The molecular weight excluding hydrogens is 238 g/mol. The molecule has 0 aliphatic carbocycles. The van der Waals surface area contributed by atoms with E-state index in [4.69, 9.17) is 22.7 Å². The topological polar surface area (TPSA) is 77.2 Å². The first-order valence-corrected chi connectivity index (χ1v) is 5.51. The molecule has 0 aliphatic heterocycles. The average molecular weight is 253 g/mol. The third-order valence-electron chi connectivity index (χ3n) is 2.07. The largest absolute Gasteiger partial charge is 0.389 e. The first-order chi connectivity index (χ1) is 8.04. The third-order valence-corrected chi connectivity index (χ3v) is 2.31. The van der Waals surface area contributed by atoms with Crippen LogP contribution in [0.5, 0.6) is 0 Å². The molecule has 17 heavy (non-hydrogen) atoms. The number of ether oxygens (including phenoxy) is 1. The van der Waals surface area contributed by atoms with Gasteiger partial charge in [-0.15, -0.1) is 0 Å². The molecule has 1 unspecified atom stereocenters. The van der Waals surface area contributed by atoms with Crippen LogP contribution >= 0.6 is 12.2 Å². The maximum Gasteiger partial charge on any atom is 0.270 e. The highest BCUT2D eigenvalue weighted by Gasteiger charge is 2.10. The molecule has 1 rings (SSSR count). The summed E-state index contributed by atoms with van der Waals surface area (Å²) in [5.41, 5.74) is 6.40. The monoisotopic (exact) mass is 253 g/mol. The van der Waals surface area contributed by atoms with Gasteiger partial charge in [-0.2, -0.15) is 0 Å². The summed E-state index contributed by atoms with van der Waals surface area (Å²) in [6, 6.07) is 3.19. The number of amides is 1. The van der Waals surface area contributed by atoms with Gasteiger partial charge in [0.05, 0.1) is 6.61 Å². The van der Waals surface area contributed by atoms with Crippen LogP contribution in [0.2, 0.25) is 0 Å². The van der Waals surface area contributed by atoms with E-state index in [-0.39, 0.29) is 16.9 Å². The summed E-state index contributed by atoms with van der Waals surface area (Å²) in [7, 11) is 1.58. The number of aromatic nitrogens is 1. The van der Waals surface area contributed by atoms with E-state index in [0.29, 0.717) is 17.9 Å². The summed E-state index contributed by atoms with van der Waals surface area (Å²) in [5.74, 6) is -0.246. The van der Waals surface area contributed by atoms with Crippen molar-refractivity contribution in [2.45, 2.75) is 13.0 Å². The number of carbonyl (C=O) groups excluding carboxylic acids is 1. The van der Waals surface area contributed by atoms with Crippen LogP contribution in [0.3, 0.4) is 0 Å². The molecule has 1 heterocycles. The van der Waals surface area contributed by atoms with E-state index in [1.165, 1.54) is 6.20 Å². The van der Waals surface area contributed by atoms with Crippen molar-refractivity contribution in [1.82, 2.24) is 10.3 Å². The van der Waals surface area contributed by atoms with E-state index in [2.05, 4.69) is 10.3 Å². The molecule has 0 aliphatic rings. The van der Waals surface area contributed by atoms with Crippen LogP contribution in [0.25, 0.3) is 0 Å². The van der Waals surface area contributed by atoms with E-state index < -0.39 is 0 Å². The summed E-state index contributed by atoms with van der Waals surface area (Å²) in [4.78, 5) is 16.0. The van der Waals surface area contributed by atoms with Gasteiger partial charge in [0.1, 0.15) is 10.7 Å². The molecule has 0 saturated carbocycles. The maximum atomic E-state index is 11.7. The second-order valence-electron chi connectivity index (χ2n) is 3.63. The Morgan fingerprint density at radius 3 is 2.82 bits per heavy atom. The van der Waals surface area contributed by atoms with Gasteiger partial charge in [0.15, 0.2) is 0 Å². The van der Waals surface area contributed by atoms with Crippen molar-refractivity contribution >= 4 is 23.1 Å². The zero-order chi connectivity index (χ0) is 12.8. The summed E-state index contributed by atoms with van der Waals surface area (Å²) in [5, 5.41) is 2.76. The lowest BCUT2D eigenvalue weighted by atomic mass is 10.2. The number of carbonyl (C=O) groups is 1. The van der Waals surface area contributed by atoms with E-state index in [1.807, 2.05) is 6.92 Å². The number of hydrogen-bond donors (Lipinski definition) is 2. The Labute approximate surface area is 105 Å². The Balaban J connectivity index is 2.66. The molecule has 0 fully saturated rings. The zero-order valence-corrected chi connectivity index (χ0v) is 10.6. The third kappa shape index (κ3) is 4.08. The fourth-order valence-corrected chi connectivity index (χ4v) is 1.38. The van der Waals surface area contributed by atoms with Crippen LogP contribution in [0.1, 0.15) is 23.0 Å². The molecule has 1 aromatic heterocycles. The smallest absolute Gasteiger partial charge is 0.270 e.